The highest BCUT2D eigenvalue weighted by molar-refractivity contribution is 6.06. The molecule has 0 spiro atoms. The van der Waals surface area contributed by atoms with Crippen molar-refractivity contribution in [1.82, 2.24) is 4.90 Å². The van der Waals surface area contributed by atoms with E-state index in [0.717, 1.165) is 37.2 Å². The number of amides is 1. The van der Waals surface area contributed by atoms with Gasteiger partial charge in [-0.15, -0.1) is 0 Å². The van der Waals surface area contributed by atoms with E-state index in [0.29, 0.717) is 12.0 Å². The SMILES string of the molecule is C[C@@H]1c2cccc3cccc(c23)[C@H]1N1CCC(N2C(=O)C(CC(=O)O)c3ccccc32)CC1. The number of rotatable bonds is 4. The summed E-state index contributed by atoms with van der Waals surface area (Å²) in [6, 6.07) is 21.5. The number of nitrogens with zero attached hydrogens (tertiary/aromatic N) is 2. The summed E-state index contributed by atoms with van der Waals surface area (Å²) in [7, 11) is 0. The lowest BCUT2D eigenvalue weighted by atomic mass is 9.93. The summed E-state index contributed by atoms with van der Waals surface area (Å²) in [4.78, 5) is 29.2. The van der Waals surface area contributed by atoms with E-state index in [9.17, 15) is 14.7 Å². The smallest absolute Gasteiger partial charge is 0.304 e. The number of carboxylic acid groups (broad SMARTS) is 1. The molecule has 0 radical (unpaired) electrons. The monoisotopic (exact) mass is 440 g/mol. The van der Waals surface area contributed by atoms with Crippen LogP contribution in [0.4, 0.5) is 5.69 Å². The molecule has 1 saturated heterocycles. The van der Waals surface area contributed by atoms with Gasteiger partial charge in [-0.2, -0.15) is 0 Å². The van der Waals surface area contributed by atoms with Crippen molar-refractivity contribution in [3.8, 4) is 0 Å². The summed E-state index contributed by atoms with van der Waals surface area (Å²) >= 11 is 0. The molecule has 6 rings (SSSR count). The van der Waals surface area contributed by atoms with Gasteiger partial charge >= 0.3 is 5.97 Å². The lowest BCUT2D eigenvalue weighted by molar-refractivity contribution is -0.139. The van der Waals surface area contributed by atoms with E-state index >= 15 is 0 Å². The first kappa shape index (κ1) is 20.4. The quantitative estimate of drug-likeness (QED) is 0.616. The standard InChI is InChI=1S/C28H28N2O3/c1-17-20-9-4-6-18-7-5-10-22(26(18)20)27(17)29-14-12-19(13-15-29)30-24-11-3-2-8-21(24)23(28(30)33)16-25(31)32/h2-11,17,19,23,27H,12-16H2,1H3,(H,31,32)/t17-,23?,27+/m1/s1. The Balaban J connectivity index is 1.24. The van der Waals surface area contributed by atoms with Gasteiger partial charge in [-0.1, -0.05) is 61.5 Å². The number of carbonyl (C=O) groups is 2. The van der Waals surface area contributed by atoms with E-state index in [4.69, 9.17) is 0 Å². The van der Waals surface area contributed by atoms with Crippen LogP contribution in [0.1, 0.15) is 60.8 Å². The largest absolute Gasteiger partial charge is 0.481 e. The lowest BCUT2D eigenvalue weighted by Crippen LogP contribution is -2.48. The van der Waals surface area contributed by atoms with Crippen LogP contribution in [0.2, 0.25) is 0 Å². The van der Waals surface area contributed by atoms with Crippen LogP contribution in [0.5, 0.6) is 0 Å². The van der Waals surface area contributed by atoms with Gasteiger partial charge in [0.1, 0.15) is 0 Å². The Morgan fingerprint density at radius 1 is 0.939 bits per heavy atom. The third kappa shape index (κ3) is 3.10. The van der Waals surface area contributed by atoms with Gasteiger partial charge in [0, 0.05) is 36.8 Å². The van der Waals surface area contributed by atoms with Gasteiger partial charge in [0.15, 0.2) is 0 Å². The molecule has 3 aromatic rings. The molecule has 1 amide bonds. The minimum atomic E-state index is -0.927. The molecule has 168 valence electrons. The Morgan fingerprint density at radius 3 is 2.33 bits per heavy atom. The van der Waals surface area contributed by atoms with E-state index < -0.39 is 11.9 Å². The first-order valence-electron chi connectivity index (χ1n) is 11.9. The first-order chi connectivity index (χ1) is 16.0. The summed E-state index contributed by atoms with van der Waals surface area (Å²) in [6.45, 7) is 4.20. The molecule has 3 atom stereocenters. The van der Waals surface area contributed by atoms with Crippen molar-refractivity contribution in [1.29, 1.82) is 0 Å². The fraction of sp³-hybridized carbons (Fsp3) is 0.357. The summed E-state index contributed by atoms with van der Waals surface area (Å²) in [5, 5.41) is 12.1. The maximum absolute atomic E-state index is 13.3. The number of anilines is 1. The van der Waals surface area contributed by atoms with Crippen LogP contribution >= 0.6 is 0 Å². The van der Waals surface area contributed by atoms with E-state index in [1.165, 1.54) is 21.9 Å². The number of aliphatic carboxylic acids is 1. The molecule has 0 aromatic heterocycles. The molecule has 2 aliphatic heterocycles. The zero-order chi connectivity index (χ0) is 22.7. The molecule has 3 aliphatic rings. The second kappa shape index (κ2) is 7.70. The number of para-hydroxylation sites is 1. The normalized spacial score (nSPS) is 25.1. The maximum atomic E-state index is 13.3. The third-order valence-corrected chi connectivity index (χ3v) is 8.00. The van der Waals surface area contributed by atoms with Crippen molar-refractivity contribution in [2.45, 2.75) is 50.1 Å². The Hall–Kier alpha value is -3.18. The predicted octanol–water partition coefficient (Wildman–Crippen LogP) is 5.07. The van der Waals surface area contributed by atoms with Gasteiger partial charge in [0.25, 0.3) is 0 Å². The molecule has 2 heterocycles. The van der Waals surface area contributed by atoms with Crippen molar-refractivity contribution >= 4 is 28.3 Å². The molecule has 33 heavy (non-hydrogen) atoms. The summed E-state index contributed by atoms with van der Waals surface area (Å²) in [5.74, 6) is -1.11. The van der Waals surface area contributed by atoms with Crippen LogP contribution in [0.3, 0.4) is 0 Å². The maximum Gasteiger partial charge on any atom is 0.304 e. The van der Waals surface area contributed by atoms with Crippen molar-refractivity contribution in [3.63, 3.8) is 0 Å². The van der Waals surface area contributed by atoms with Crippen LogP contribution in [-0.4, -0.2) is 41.0 Å². The second-order valence-electron chi connectivity index (χ2n) is 9.71. The number of benzene rings is 3. The van der Waals surface area contributed by atoms with Gasteiger partial charge in [-0.25, -0.2) is 0 Å². The average molecular weight is 441 g/mol. The molecule has 0 bridgehead atoms. The highest BCUT2D eigenvalue weighted by atomic mass is 16.4. The van der Waals surface area contributed by atoms with E-state index in [-0.39, 0.29) is 18.4 Å². The Kier molecular flexibility index (Phi) is 4.77. The van der Waals surface area contributed by atoms with Crippen LogP contribution in [0, 0.1) is 0 Å². The number of likely N-dealkylation sites (tertiary alicyclic amines) is 1. The molecule has 0 saturated carbocycles. The molecular formula is C28H28N2O3. The van der Waals surface area contributed by atoms with Gasteiger partial charge in [-0.3, -0.25) is 14.5 Å². The molecular weight excluding hydrogens is 412 g/mol. The van der Waals surface area contributed by atoms with Crippen LogP contribution in [0.15, 0.2) is 60.7 Å². The Morgan fingerprint density at radius 2 is 1.61 bits per heavy atom. The fourth-order valence-electron chi connectivity index (χ4n) is 6.57. The fourth-order valence-corrected chi connectivity index (χ4v) is 6.57. The highest BCUT2D eigenvalue weighted by Crippen LogP contribution is 2.49. The van der Waals surface area contributed by atoms with Crippen molar-refractivity contribution in [2.75, 3.05) is 18.0 Å². The van der Waals surface area contributed by atoms with Crippen molar-refractivity contribution in [2.24, 2.45) is 0 Å². The molecule has 1 aliphatic carbocycles. The van der Waals surface area contributed by atoms with Crippen LogP contribution in [0.25, 0.3) is 10.8 Å². The molecule has 5 heteroatoms. The lowest BCUT2D eigenvalue weighted by Gasteiger charge is -2.41. The average Bonchev–Trinajstić information content (AvgIpc) is 3.27. The number of hydrogen-bond donors (Lipinski definition) is 1. The van der Waals surface area contributed by atoms with Crippen LogP contribution in [-0.2, 0) is 9.59 Å². The van der Waals surface area contributed by atoms with Gasteiger partial charge in [-0.05, 0) is 46.4 Å². The molecule has 1 N–H and O–H groups in total. The number of carboxylic acids is 1. The van der Waals surface area contributed by atoms with Crippen LogP contribution < -0.4 is 4.90 Å². The third-order valence-electron chi connectivity index (χ3n) is 8.00. The first-order valence-corrected chi connectivity index (χ1v) is 11.9. The number of hydrogen-bond acceptors (Lipinski definition) is 3. The minimum Gasteiger partial charge on any atom is -0.481 e. The zero-order valence-corrected chi connectivity index (χ0v) is 18.8. The Labute approximate surface area is 193 Å². The van der Waals surface area contributed by atoms with E-state index in [1.807, 2.05) is 29.2 Å². The minimum absolute atomic E-state index is 0.0524. The zero-order valence-electron chi connectivity index (χ0n) is 18.8. The molecule has 1 fully saturated rings. The van der Waals surface area contributed by atoms with Gasteiger partial charge in [0.05, 0.1) is 12.3 Å². The summed E-state index contributed by atoms with van der Waals surface area (Å²) in [6.07, 6.45) is 1.65. The van der Waals surface area contributed by atoms with E-state index in [1.54, 1.807) is 0 Å². The van der Waals surface area contributed by atoms with Gasteiger partial charge < -0.3 is 10.0 Å². The molecule has 1 unspecified atom stereocenters. The number of piperidine rings is 1. The number of carbonyl (C=O) groups excluding carboxylic acids is 1. The summed E-state index contributed by atoms with van der Waals surface area (Å²) in [5.41, 5.74) is 4.63. The summed E-state index contributed by atoms with van der Waals surface area (Å²) < 4.78 is 0. The predicted molar refractivity (Wildman–Crippen MR) is 129 cm³/mol. The topological polar surface area (TPSA) is 60.9 Å². The molecule has 5 nitrogen and oxygen atoms in total. The second-order valence-corrected chi connectivity index (χ2v) is 9.71. The van der Waals surface area contributed by atoms with Crippen molar-refractivity contribution < 1.29 is 14.7 Å². The van der Waals surface area contributed by atoms with Crippen molar-refractivity contribution in [3.05, 3.63) is 77.4 Å². The Bertz CT molecular complexity index is 1260. The number of fused-ring (bicyclic) bond motifs is 1. The van der Waals surface area contributed by atoms with Gasteiger partial charge in [0.2, 0.25) is 5.91 Å². The van der Waals surface area contributed by atoms with E-state index in [2.05, 4.69) is 48.2 Å². The highest BCUT2D eigenvalue weighted by Gasteiger charge is 2.43. The molecule has 3 aromatic carbocycles.